The second-order valence-electron chi connectivity index (χ2n) is 3.33. The van der Waals surface area contributed by atoms with Crippen LogP contribution in [0, 0.1) is 0 Å². The van der Waals surface area contributed by atoms with Crippen molar-refractivity contribution in [3.8, 4) is 0 Å². The molecule has 2 rings (SSSR count). The molecule has 1 aromatic carbocycles. The van der Waals surface area contributed by atoms with E-state index in [0.29, 0.717) is 6.54 Å². The number of aromatic nitrogens is 2. The van der Waals surface area contributed by atoms with Crippen molar-refractivity contribution in [2.45, 2.75) is 0 Å². The van der Waals surface area contributed by atoms with Crippen LogP contribution in [0.4, 0.5) is 5.82 Å². The Morgan fingerprint density at radius 3 is 2.94 bits per heavy atom. The molecule has 0 atom stereocenters. The smallest absolute Gasteiger partial charge is 0.137 e. The molecule has 0 saturated heterocycles. The van der Waals surface area contributed by atoms with Crippen LogP contribution in [0.5, 0.6) is 0 Å². The summed E-state index contributed by atoms with van der Waals surface area (Å²) in [5.74, 6) is 0.854. The fraction of sp³-hybridized carbons (Fsp3) is 0.167. The second-order valence-corrected chi connectivity index (χ2v) is 3.33. The van der Waals surface area contributed by atoms with Gasteiger partial charge in [-0.15, -0.1) is 0 Å². The Morgan fingerprint density at radius 1 is 1.19 bits per heavy atom. The normalized spacial score (nSPS) is 11.1. The number of anilines is 1. The van der Waals surface area contributed by atoms with E-state index in [4.69, 9.17) is 5.73 Å². The molecular weight excluding hydrogens is 200 g/mol. The van der Waals surface area contributed by atoms with Gasteiger partial charge >= 0.3 is 0 Å². The van der Waals surface area contributed by atoms with E-state index < -0.39 is 0 Å². The average molecular weight is 214 g/mol. The Kier molecular flexibility index (Phi) is 3.46. The molecule has 0 fully saturated rings. The zero-order valence-electron chi connectivity index (χ0n) is 8.93. The van der Waals surface area contributed by atoms with Crippen LogP contribution in [0.2, 0.25) is 0 Å². The van der Waals surface area contributed by atoms with Crippen molar-refractivity contribution in [1.29, 1.82) is 0 Å². The maximum absolute atomic E-state index is 5.36. The summed E-state index contributed by atoms with van der Waals surface area (Å²) in [6.07, 6.45) is 5.46. The first-order chi connectivity index (χ1) is 7.92. The lowest BCUT2D eigenvalue weighted by atomic mass is 10.2. The fourth-order valence-electron chi connectivity index (χ4n) is 1.48. The van der Waals surface area contributed by atoms with E-state index in [2.05, 4.69) is 15.3 Å². The van der Waals surface area contributed by atoms with Crippen molar-refractivity contribution in [2.24, 2.45) is 5.73 Å². The molecule has 16 heavy (non-hydrogen) atoms. The highest BCUT2D eigenvalue weighted by molar-refractivity contribution is 5.88. The van der Waals surface area contributed by atoms with Gasteiger partial charge in [0, 0.05) is 18.5 Å². The van der Waals surface area contributed by atoms with Gasteiger partial charge in [0.15, 0.2) is 0 Å². The minimum Gasteiger partial charge on any atom is -0.366 e. The summed E-state index contributed by atoms with van der Waals surface area (Å²) in [5.41, 5.74) is 6.31. The first-order valence-corrected chi connectivity index (χ1v) is 5.20. The minimum atomic E-state index is 0.562. The van der Waals surface area contributed by atoms with Gasteiger partial charge < -0.3 is 11.1 Å². The SMILES string of the molecule is NC/C=C/CNc1ncnc2ccccc12. The monoisotopic (exact) mass is 214 g/mol. The summed E-state index contributed by atoms with van der Waals surface area (Å²) in [4.78, 5) is 8.41. The molecule has 1 aromatic heterocycles. The Balaban J connectivity index is 2.20. The lowest BCUT2D eigenvalue weighted by molar-refractivity contribution is 1.17. The van der Waals surface area contributed by atoms with Crippen LogP contribution in [0.25, 0.3) is 10.9 Å². The first-order valence-electron chi connectivity index (χ1n) is 5.20. The second kappa shape index (κ2) is 5.23. The molecule has 0 aliphatic rings. The summed E-state index contributed by atoms with van der Waals surface area (Å²) < 4.78 is 0. The topological polar surface area (TPSA) is 63.8 Å². The van der Waals surface area contributed by atoms with Crippen molar-refractivity contribution in [3.63, 3.8) is 0 Å². The summed E-state index contributed by atoms with van der Waals surface area (Å²) in [6.45, 7) is 1.28. The van der Waals surface area contributed by atoms with Crippen LogP contribution < -0.4 is 11.1 Å². The van der Waals surface area contributed by atoms with E-state index in [0.717, 1.165) is 23.3 Å². The van der Waals surface area contributed by atoms with Gasteiger partial charge in [-0.3, -0.25) is 0 Å². The molecule has 4 heteroatoms. The molecule has 0 radical (unpaired) electrons. The predicted molar refractivity (Wildman–Crippen MR) is 66.2 cm³/mol. The molecule has 2 aromatic rings. The third-order valence-electron chi connectivity index (χ3n) is 2.23. The van der Waals surface area contributed by atoms with Crippen LogP contribution in [0.15, 0.2) is 42.7 Å². The molecule has 0 bridgehead atoms. The largest absolute Gasteiger partial charge is 0.366 e. The van der Waals surface area contributed by atoms with Gasteiger partial charge in [0.25, 0.3) is 0 Å². The van der Waals surface area contributed by atoms with Gasteiger partial charge in [-0.25, -0.2) is 9.97 Å². The molecule has 82 valence electrons. The number of rotatable bonds is 4. The Hall–Kier alpha value is -1.94. The molecule has 3 N–H and O–H groups in total. The summed E-state index contributed by atoms with van der Waals surface area (Å²) in [5, 5.41) is 4.26. The van der Waals surface area contributed by atoms with Crippen LogP contribution >= 0.6 is 0 Å². The van der Waals surface area contributed by atoms with Gasteiger partial charge in [0.2, 0.25) is 0 Å². The van der Waals surface area contributed by atoms with Crippen molar-refractivity contribution in [2.75, 3.05) is 18.4 Å². The third-order valence-corrected chi connectivity index (χ3v) is 2.23. The summed E-state index contributed by atoms with van der Waals surface area (Å²) >= 11 is 0. The van der Waals surface area contributed by atoms with Crippen molar-refractivity contribution >= 4 is 16.7 Å². The highest BCUT2D eigenvalue weighted by Crippen LogP contribution is 2.17. The van der Waals surface area contributed by atoms with Gasteiger partial charge in [0.1, 0.15) is 12.1 Å². The van der Waals surface area contributed by atoms with Gasteiger partial charge in [-0.05, 0) is 12.1 Å². The zero-order valence-corrected chi connectivity index (χ0v) is 8.93. The number of fused-ring (bicyclic) bond motifs is 1. The minimum absolute atomic E-state index is 0.562. The molecule has 0 unspecified atom stereocenters. The van der Waals surface area contributed by atoms with Crippen molar-refractivity contribution in [1.82, 2.24) is 9.97 Å². The average Bonchev–Trinajstić information content (AvgIpc) is 2.35. The maximum atomic E-state index is 5.36. The van der Waals surface area contributed by atoms with E-state index in [1.54, 1.807) is 6.33 Å². The van der Waals surface area contributed by atoms with E-state index in [-0.39, 0.29) is 0 Å². The van der Waals surface area contributed by atoms with Gasteiger partial charge in [-0.2, -0.15) is 0 Å². The van der Waals surface area contributed by atoms with E-state index in [1.807, 2.05) is 36.4 Å². The third kappa shape index (κ3) is 2.35. The highest BCUT2D eigenvalue weighted by atomic mass is 15.0. The molecule has 0 saturated carbocycles. The van der Waals surface area contributed by atoms with E-state index in [1.165, 1.54) is 0 Å². The van der Waals surface area contributed by atoms with Crippen LogP contribution in [-0.4, -0.2) is 23.1 Å². The number of hydrogen-bond donors (Lipinski definition) is 2. The number of nitrogens with two attached hydrogens (primary N) is 1. The number of nitrogens with zero attached hydrogens (tertiary/aromatic N) is 2. The predicted octanol–water partition coefficient (Wildman–Crippen LogP) is 1.56. The Labute approximate surface area is 94.2 Å². The van der Waals surface area contributed by atoms with E-state index in [9.17, 15) is 0 Å². The first kappa shape index (κ1) is 10.6. The standard InChI is InChI=1S/C12H14N4/c13-7-3-4-8-14-12-10-5-1-2-6-11(10)15-9-16-12/h1-6,9H,7-8,13H2,(H,14,15,16)/b4-3+. The van der Waals surface area contributed by atoms with Crippen LogP contribution in [0.1, 0.15) is 0 Å². The Morgan fingerprint density at radius 2 is 2.06 bits per heavy atom. The number of para-hydroxylation sites is 1. The molecule has 4 nitrogen and oxygen atoms in total. The zero-order chi connectivity index (χ0) is 11.2. The summed E-state index contributed by atoms with van der Waals surface area (Å²) in [7, 11) is 0. The Bertz CT molecular complexity index is 488. The fourth-order valence-corrected chi connectivity index (χ4v) is 1.48. The highest BCUT2D eigenvalue weighted by Gasteiger charge is 2.00. The quantitative estimate of drug-likeness (QED) is 0.758. The van der Waals surface area contributed by atoms with Crippen molar-refractivity contribution in [3.05, 3.63) is 42.7 Å². The molecule has 0 aliphatic carbocycles. The summed E-state index contributed by atoms with van der Waals surface area (Å²) in [6, 6.07) is 7.92. The van der Waals surface area contributed by atoms with Gasteiger partial charge in [-0.1, -0.05) is 24.3 Å². The van der Waals surface area contributed by atoms with Crippen LogP contribution in [-0.2, 0) is 0 Å². The molecule has 0 spiro atoms. The van der Waals surface area contributed by atoms with Crippen LogP contribution in [0.3, 0.4) is 0 Å². The van der Waals surface area contributed by atoms with Crippen molar-refractivity contribution < 1.29 is 0 Å². The van der Waals surface area contributed by atoms with E-state index >= 15 is 0 Å². The molecule has 1 heterocycles. The lowest BCUT2D eigenvalue weighted by Gasteiger charge is -2.05. The lowest BCUT2D eigenvalue weighted by Crippen LogP contribution is -2.02. The number of nitrogens with one attached hydrogen (secondary N) is 1. The van der Waals surface area contributed by atoms with Gasteiger partial charge in [0.05, 0.1) is 5.52 Å². The molecule has 0 amide bonds. The number of benzene rings is 1. The maximum Gasteiger partial charge on any atom is 0.137 e. The molecule has 0 aliphatic heterocycles. The molecular formula is C12H14N4. The number of hydrogen-bond acceptors (Lipinski definition) is 4.